The van der Waals surface area contributed by atoms with E-state index >= 15 is 0 Å². The predicted octanol–water partition coefficient (Wildman–Crippen LogP) is 4.75. The summed E-state index contributed by atoms with van der Waals surface area (Å²) in [5.74, 6) is -0.144. The highest BCUT2D eigenvalue weighted by atomic mass is 35.5. The van der Waals surface area contributed by atoms with Gasteiger partial charge in [-0.3, -0.25) is 9.69 Å². The van der Waals surface area contributed by atoms with E-state index in [1.54, 1.807) is 6.07 Å². The predicted molar refractivity (Wildman–Crippen MR) is 136 cm³/mol. The van der Waals surface area contributed by atoms with Crippen LogP contribution in [0.1, 0.15) is 28.1 Å². The van der Waals surface area contributed by atoms with Crippen LogP contribution in [-0.4, -0.2) is 56.2 Å². The maximum atomic E-state index is 12.7. The van der Waals surface area contributed by atoms with E-state index in [2.05, 4.69) is 21.2 Å². The molecule has 2 aromatic carbocycles. The van der Waals surface area contributed by atoms with Crippen molar-refractivity contribution in [3.05, 3.63) is 59.0 Å². The van der Waals surface area contributed by atoms with Gasteiger partial charge < -0.3 is 15.0 Å². The molecule has 0 saturated carbocycles. The number of nitrogens with zero attached hydrogens (tertiary/aromatic N) is 3. The first-order valence-electron chi connectivity index (χ1n) is 11.1. The van der Waals surface area contributed by atoms with E-state index < -0.39 is 0 Å². The van der Waals surface area contributed by atoms with Crippen molar-refractivity contribution in [3.8, 4) is 6.07 Å². The maximum absolute atomic E-state index is 12.7. The summed E-state index contributed by atoms with van der Waals surface area (Å²) in [6, 6.07) is 18.5. The Kier molecular flexibility index (Phi) is 7.51. The number of hydrogen-bond donors (Lipinski definition) is 1. The van der Waals surface area contributed by atoms with E-state index in [1.165, 1.54) is 11.3 Å². The minimum atomic E-state index is -0.144. The Morgan fingerprint density at radius 3 is 2.55 bits per heavy atom. The zero-order valence-corrected chi connectivity index (χ0v) is 20.0. The molecule has 2 aliphatic rings. The van der Waals surface area contributed by atoms with Crippen molar-refractivity contribution < 1.29 is 9.53 Å². The number of hydrogen-bond acceptors (Lipinski definition) is 6. The number of amides is 1. The van der Waals surface area contributed by atoms with Crippen molar-refractivity contribution >= 4 is 51.1 Å². The molecule has 0 spiro atoms. The molecule has 0 aliphatic carbocycles. The van der Waals surface area contributed by atoms with Crippen LogP contribution in [-0.2, 0) is 4.74 Å². The average molecular weight is 483 g/mol. The number of ether oxygens (including phenoxy) is 1. The number of fused-ring (bicyclic) bond motifs is 1. The van der Waals surface area contributed by atoms with Crippen LogP contribution in [0.3, 0.4) is 0 Å². The Morgan fingerprint density at radius 2 is 1.82 bits per heavy atom. The summed E-state index contributed by atoms with van der Waals surface area (Å²) in [5.41, 5.74) is 2.20. The quantitative estimate of drug-likeness (QED) is 0.581. The molecule has 0 atom stereocenters. The Balaban J connectivity index is 0.00000259. The molecule has 172 valence electrons. The number of carbonyl (C=O) groups is 1. The molecular formula is C25H27ClN4O2S. The second-order valence-corrected chi connectivity index (χ2v) is 9.40. The lowest BCUT2D eigenvalue weighted by Gasteiger charge is -2.41. The molecule has 2 aliphatic heterocycles. The standard InChI is InChI=1S/C25H26N4O2S.ClH/c26-17-19-15-20(27-25(30)24-16-18-3-1-2-4-23(18)32-24)5-6-22(19)29-9-7-21(8-10-29)28-11-13-31-14-12-28;/h1-6,15-16,21H,7-14H2,(H,27,30);1H. The Labute approximate surface area is 204 Å². The molecule has 0 radical (unpaired) electrons. The molecule has 6 nitrogen and oxygen atoms in total. The number of thiophene rings is 1. The second kappa shape index (κ2) is 10.5. The van der Waals surface area contributed by atoms with Crippen LogP contribution in [0.5, 0.6) is 0 Å². The number of anilines is 2. The summed E-state index contributed by atoms with van der Waals surface area (Å²) >= 11 is 1.48. The van der Waals surface area contributed by atoms with E-state index in [9.17, 15) is 10.1 Å². The summed E-state index contributed by atoms with van der Waals surface area (Å²) in [6.45, 7) is 5.56. The van der Waals surface area contributed by atoms with Crippen LogP contribution in [0, 0.1) is 11.3 Å². The molecule has 0 unspecified atom stereocenters. The van der Waals surface area contributed by atoms with E-state index in [4.69, 9.17) is 4.74 Å². The van der Waals surface area contributed by atoms with Crippen LogP contribution >= 0.6 is 23.7 Å². The molecule has 0 bridgehead atoms. The minimum absolute atomic E-state index is 0. The fourth-order valence-electron chi connectivity index (χ4n) is 4.68. The van der Waals surface area contributed by atoms with Gasteiger partial charge in [-0.05, 0) is 48.6 Å². The first kappa shape index (κ1) is 23.5. The fraction of sp³-hybridized carbons (Fsp3) is 0.360. The molecule has 1 N–H and O–H groups in total. The van der Waals surface area contributed by atoms with Crippen LogP contribution in [0.2, 0.25) is 0 Å². The number of halogens is 1. The molecule has 5 rings (SSSR count). The number of benzene rings is 2. The highest BCUT2D eigenvalue weighted by Gasteiger charge is 2.27. The number of nitrogens with one attached hydrogen (secondary N) is 1. The van der Waals surface area contributed by atoms with Gasteiger partial charge in [0.05, 0.1) is 29.3 Å². The lowest BCUT2D eigenvalue weighted by molar-refractivity contribution is 0.0115. The maximum Gasteiger partial charge on any atom is 0.265 e. The highest BCUT2D eigenvalue weighted by Crippen LogP contribution is 2.30. The Hall–Kier alpha value is -2.63. The molecule has 2 fully saturated rings. The second-order valence-electron chi connectivity index (χ2n) is 8.31. The van der Waals surface area contributed by atoms with Crippen molar-refractivity contribution in [3.63, 3.8) is 0 Å². The molecular weight excluding hydrogens is 456 g/mol. The van der Waals surface area contributed by atoms with E-state index in [-0.39, 0.29) is 18.3 Å². The van der Waals surface area contributed by atoms with Gasteiger partial charge >= 0.3 is 0 Å². The van der Waals surface area contributed by atoms with Crippen molar-refractivity contribution in [1.29, 1.82) is 5.26 Å². The topological polar surface area (TPSA) is 68.6 Å². The van der Waals surface area contributed by atoms with Gasteiger partial charge in [-0.2, -0.15) is 5.26 Å². The van der Waals surface area contributed by atoms with Gasteiger partial charge in [0.15, 0.2) is 0 Å². The van der Waals surface area contributed by atoms with Crippen LogP contribution in [0.15, 0.2) is 48.5 Å². The largest absolute Gasteiger partial charge is 0.379 e. The fourth-order valence-corrected chi connectivity index (χ4v) is 5.64. The van der Waals surface area contributed by atoms with Gasteiger partial charge in [0.2, 0.25) is 0 Å². The van der Waals surface area contributed by atoms with Gasteiger partial charge in [-0.25, -0.2) is 0 Å². The zero-order chi connectivity index (χ0) is 21.9. The number of rotatable bonds is 4. The van der Waals surface area contributed by atoms with Crippen LogP contribution in [0.25, 0.3) is 10.1 Å². The van der Waals surface area contributed by atoms with Gasteiger partial charge in [-0.1, -0.05) is 18.2 Å². The van der Waals surface area contributed by atoms with Crippen LogP contribution < -0.4 is 10.2 Å². The summed E-state index contributed by atoms with van der Waals surface area (Å²) in [6.07, 6.45) is 2.19. The Bertz CT molecular complexity index is 1130. The number of nitriles is 1. The molecule has 3 aromatic rings. The van der Waals surface area contributed by atoms with E-state index in [1.807, 2.05) is 42.5 Å². The molecule has 2 saturated heterocycles. The third kappa shape index (κ3) is 5.15. The monoisotopic (exact) mass is 482 g/mol. The lowest BCUT2D eigenvalue weighted by Crippen LogP contribution is -2.49. The van der Waals surface area contributed by atoms with Crippen molar-refractivity contribution in [1.82, 2.24) is 4.90 Å². The van der Waals surface area contributed by atoms with E-state index in [0.717, 1.165) is 68.0 Å². The average Bonchev–Trinajstić information content (AvgIpc) is 3.29. The molecule has 3 heterocycles. The van der Waals surface area contributed by atoms with Crippen molar-refractivity contribution in [2.45, 2.75) is 18.9 Å². The third-order valence-corrected chi connectivity index (χ3v) is 7.51. The van der Waals surface area contributed by atoms with E-state index in [0.29, 0.717) is 22.2 Å². The summed E-state index contributed by atoms with van der Waals surface area (Å²) in [7, 11) is 0. The summed E-state index contributed by atoms with van der Waals surface area (Å²) < 4.78 is 6.56. The van der Waals surface area contributed by atoms with Gasteiger partial charge in [0.25, 0.3) is 5.91 Å². The normalized spacial score (nSPS) is 17.4. The lowest BCUT2D eigenvalue weighted by atomic mass is 10.0. The van der Waals surface area contributed by atoms with Crippen LogP contribution in [0.4, 0.5) is 11.4 Å². The molecule has 1 amide bonds. The summed E-state index contributed by atoms with van der Waals surface area (Å²) in [5, 5.41) is 13.8. The van der Waals surface area contributed by atoms with Crippen molar-refractivity contribution in [2.75, 3.05) is 49.6 Å². The van der Waals surface area contributed by atoms with Crippen molar-refractivity contribution in [2.24, 2.45) is 0 Å². The number of carbonyl (C=O) groups excluding carboxylic acids is 1. The first-order valence-corrected chi connectivity index (χ1v) is 11.9. The highest BCUT2D eigenvalue weighted by molar-refractivity contribution is 7.20. The summed E-state index contributed by atoms with van der Waals surface area (Å²) in [4.78, 5) is 18.3. The van der Waals surface area contributed by atoms with Gasteiger partial charge in [-0.15, -0.1) is 23.7 Å². The Morgan fingerprint density at radius 1 is 1.06 bits per heavy atom. The third-order valence-electron chi connectivity index (χ3n) is 6.39. The molecule has 1 aromatic heterocycles. The zero-order valence-electron chi connectivity index (χ0n) is 18.3. The minimum Gasteiger partial charge on any atom is -0.379 e. The van der Waals surface area contributed by atoms with Gasteiger partial charge in [0, 0.05) is 42.6 Å². The molecule has 33 heavy (non-hydrogen) atoms. The number of morpholine rings is 1. The first-order chi connectivity index (χ1) is 15.7. The number of piperidine rings is 1. The SMILES string of the molecule is Cl.N#Cc1cc(NC(=O)c2cc3ccccc3s2)ccc1N1CCC(N2CCOCC2)CC1. The van der Waals surface area contributed by atoms with Gasteiger partial charge in [0.1, 0.15) is 6.07 Å². The molecule has 8 heteroatoms. The smallest absolute Gasteiger partial charge is 0.265 e.